The molecule has 1 N–H and O–H groups in total. The van der Waals surface area contributed by atoms with Gasteiger partial charge in [-0.05, 0) is 43.9 Å². The molecule has 0 unspecified atom stereocenters. The molecule has 0 saturated heterocycles. The molecule has 0 aromatic heterocycles. The highest BCUT2D eigenvalue weighted by Crippen LogP contribution is 2.47. The standard InChI is InChI=1S/C15H27NO3S/c1-2-20(18,19)12-14(17)16-13-6-10-15(11-7-13)8-4-3-5-9-15/h13H,2-12H2,1H3,(H,16,17). The molecule has 0 bridgehead atoms. The van der Waals surface area contributed by atoms with Crippen LogP contribution < -0.4 is 5.32 Å². The maximum Gasteiger partial charge on any atom is 0.235 e. The molecule has 0 aliphatic heterocycles. The van der Waals surface area contributed by atoms with E-state index in [2.05, 4.69) is 5.32 Å². The van der Waals surface area contributed by atoms with E-state index in [4.69, 9.17) is 0 Å². The fraction of sp³-hybridized carbons (Fsp3) is 0.933. The molecule has 2 aliphatic rings. The summed E-state index contributed by atoms with van der Waals surface area (Å²) in [5.41, 5.74) is 0.537. The van der Waals surface area contributed by atoms with Gasteiger partial charge in [-0.3, -0.25) is 4.79 Å². The topological polar surface area (TPSA) is 63.2 Å². The molecule has 0 heterocycles. The van der Waals surface area contributed by atoms with Gasteiger partial charge in [0.2, 0.25) is 5.91 Å². The van der Waals surface area contributed by atoms with Crippen LogP contribution in [0.4, 0.5) is 0 Å². The summed E-state index contributed by atoms with van der Waals surface area (Å²) in [4.78, 5) is 11.8. The number of carbonyl (C=O) groups excluding carboxylic acids is 1. The second kappa shape index (κ2) is 6.46. The highest BCUT2D eigenvalue weighted by Gasteiger charge is 2.36. The van der Waals surface area contributed by atoms with E-state index in [1.807, 2.05) is 0 Å². The van der Waals surface area contributed by atoms with Gasteiger partial charge >= 0.3 is 0 Å². The van der Waals surface area contributed by atoms with Crippen molar-refractivity contribution < 1.29 is 13.2 Å². The molecular formula is C15H27NO3S. The van der Waals surface area contributed by atoms with Gasteiger partial charge in [-0.2, -0.15) is 0 Å². The maximum atomic E-state index is 11.8. The van der Waals surface area contributed by atoms with Crippen molar-refractivity contribution >= 4 is 15.7 Å². The molecule has 0 radical (unpaired) electrons. The number of rotatable bonds is 4. The van der Waals surface area contributed by atoms with E-state index in [1.165, 1.54) is 44.9 Å². The lowest BCUT2D eigenvalue weighted by Crippen LogP contribution is -2.43. The Labute approximate surface area is 122 Å². The summed E-state index contributed by atoms with van der Waals surface area (Å²) in [6.07, 6.45) is 11.2. The molecule has 2 fully saturated rings. The lowest BCUT2D eigenvalue weighted by Gasteiger charge is -2.43. The van der Waals surface area contributed by atoms with Crippen LogP contribution >= 0.6 is 0 Å². The zero-order chi connectivity index (χ0) is 14.6. The minimum absolute atomic E-state index is 0.0359. The van der Waals surface area contributed by atoms with E-state index in [-0.39, 0.29) is 23.5 Å². The zero-order valence-corrected chi connectivity index (χ0v) is 13.3. The number of amides is 1. The van der Waals surface area contributed by atoms with Gasteiger partial charge in [0.05, 0.1) is 0 Å². The van der Waals surface area contributed by atoms with Crippen LogP contribution in [0.15, 0.2) is 0 Å². The molecule has 4 nitrogen and oxygen atoms in total. The van der Waals surface area contributed by atoms with Crippen molar-refractivity contribution in [3.63, 3.8) is 0 Å². The second-order valence-corrected chi connectivity index (χ2v) is 8.93. The Morgan fingerprint density at radius 2 is 1.70 bits per heavy atom. The minimum Gasteiger partial charge on any atom is -0.352 e. The Bertz CT molecular complexity index is 428. The summed E-state index contributed by atoms with van der Waals surface area (Å²) in [7, 11) is -3.21. The molecule has 2 saturated carbocycles. The van der Waals surface area contributed by atoms with Gasteiger partial charge in [0.15, 0.2) is 9.84 Å². The largest absolute Gasteiger partial charge is 0.352 e. The van der Waals surface area contributed by atoms with E-state index in [1.54, 1.807) is 6.92 Å². The fourth-order valence-corrected chi connectivity index (χ4v) is 4.43. The molecule has 1 amide bonds. The van der Waals surface area contributed by atoms with Crippen molar-refractivity contribution in [1.82, 2.24) is 5.32 Å². The molecule has 2 rings (SSSR count). The molecular weight excluding hydrogens is 274 g/mol. The van der Waals surface area contributed by atoms with E-state index < -0.39 is 9.84 Å². The van der Waals surface area contributed by atoms with Crippen molar-refractivity contribution in [1.29, 1.82) is 0 Å². The van der Waals surface area contributed by atoms with Crippen LogP contribution in [-0.2, 0) is 14.6 Å². The van der Waals surface area contributed by atoms with Crippen LogP contribution in [0, 0.1) is 5.41 Å². The summed E-state index contributed by atoms with van der Waals surface area (Å²) in [5.74, 6) is -0.643. The Hall–Kier alpha value is -0.580. The van der Waals surface area contributed by atoms with Gasteiger partial charge in [-0.1, -0.05) is 26.2 Å². The molecule has 0 aromatic carbocycles. The van der Waals surface area contributed by atoms with Gasteiger partial charge in [-0.25, -0.2) is 8.42 Å². The average Bonchev–Trinajstić information content (AvgIpc) is 2.42. The smallest absolute Gasteiger partial charge is 0.235 e. The monoisotopic (exact) mass is 301 g/mol. The van der Waals surface area contributed by atoms with Crippen molar-refractivity contribution in [3.05, 3.63) is 0 Å². The van der Waals surface area contributed by atoms with E-state index in [9.17, 15) is 13.2 Å². The average molecular weight is 301 g/mol. The van der Waals surface area contributed by atoms with Gasteiger partial charge in [0.1, 0.15) is 5.75 Å². The van der Waals surface area contributed by atoms with Crippen LogP contribution in [0.3, 0.4) is 0 Å². The molecule has 0 aromatic rings. The Kier molecular flexibility index (Phi) is 5.10. The summed E-state index contributed by atoms with van der Waals surface area (Å²) in [6, 6.07) is 0.183. The molecule has 0 atom stereocenters. The number of carbonyl (C=O) groups is 1. The third-order valence-corrected chi connectivity index (χ3v) is 6.70. The number of nitrogens with one attached hydrogen (secondary N) is 1. The second-order valence-electron chi connectivity index (χ2n) is 6.58. The summed E-state index contributed by atoms with van der Waals surface area (Å²) in [5, 5.41) is 2.91. The Morgan fingerprint density at radius 3 is 2.25 bits per heavy atom. The van der Waals surface area contributed by atoms with Crippen molar-refractivity contribution in [2.45, 2.75) is 70.8 Å². The third kappa shape index (κ3) is 4.21. The van der Waals surface area contributed by atoms with E-state index in [0.29, 0.717) is 5.41 Å². The maximum absolute atomic E-state index is 11.8. The molecule has 1 spiro atoms. The summed E-state index contributed by atoms with van der Waals surface area (Å²) >= 11 is 0. The van der Waals surface area contributed by atoms with Crippen LogP contribution in [0.5, 0.6) is 0 Å². The first-order chi connectivity index (χ1) is 9.45. The minimum atomic E-state index is -3.21. The van der Waals surface area contributed by atoms with Crippen molar-refractivity contribution in [2.75, 3.05) is 11.5 Å². The van der Waals surface area contributed by atoms with Gasteiger partial charge in [0, 0.05) is 11.8 Å². The first kappa shape index (κ1) is 15.8. The number of sulfone groups is 1. The number of hydrogen-bond acceptors (Lipinski definition) is 3. The van der Waals surface area contributed by atoms with Gasteiger partial charge in [-0.15, -0.1) is 0 Å². The lowest BCUT2D eigenvalue weighted by atomic mass is 9.64. The van der Waals surface area contributed by atoms with Crippen LogP contribution in [0.1, 0.15) is 64.7 Å². The normalized spacial score (nSPS) is 23.6. The molecule has 116 valence electrons. The summed E-state index contributed by atoms with van der Waals surface area (Å²) < 4.78 is 22.9. The molecule has 20 heavy (non-hydrogen) atoms. The predicted molar refractivity (Wildman–Crippen MR) is 80.2 cm³/mol. The molecule has 5 heteroatoms. The third-order valence-electron chi connectivity index (χ3n) is 5.12. The lowest BCUT2D eigenvalue weighted by molar-refractivity contribution is -0.119. The van der Waals surface area contributed by atoms with Gasteiger partial charge < -0.3 is 5.32 Å². The Balaban J connectivity index is 1.78. The summed E-state index contributed by atoms with van der Waals surface area (Å²) in [6.45, 7) is 1.58. The van der Waals surface area contributed by atoms with Crippen LogP contribution in [-0.4, -0.2) is 31.9 Å². The fourth-order valence-electron chi connectivity index (χ4n) is 3.75. The first-order valence-corrected chi connectivity index (χ1v) is 9.77. The Morgan fingerprint density at radius 1 is 1.10 bits per heavy atom. The quantitative estimate of drug-likeness (QED) is 0.867. The SMILES string of the molecule is CCS(=O)(=O)CC(=O)NC1CCC2(CCCCC2)CC1. The highest BCUT2D eigenvalue weighted by atomic mass is 32.2. The molecule has 2 aliphatic carbocycles. The van der Waals surface area contributed by atoms with Crippen molar-refractivity contribution in [2.24, 2.45) is 5.41 Å². The van der Waals surface area contributed by atoms with Crippen LogP contribution in [0.2, 0.25) is 0 Å². The number of hydrogen-bond donors (Lipinski definition) is 1. The first-order valence-electron chi connectivity index (χ1n) is 7.94. The van der Waals surface area contributed by atoms with E-state index in [0.717, 1.165) is 12.8 Å². The predicted octanol–water partition coefficient (Wildman–Crippen LogP) is 2.43. The zero-order valence-electron chi connectivity index (χ0n) is 12.5. The van der Waals surface area contributed by atoms with Crippen molar-refractivity contribution in [3.8, 4) is 0 Å². The van der Waals surface area contributed by atoms with E-state index >= 15 is 0 Å². The highest BCUT2D eigenvalue weighted by molar-refractivity contribution is 7.92. The van der Waals surface area contributed by atoms with Crippen LogP contribution in [0.25, 0.3) is 0 Å². The van der Waals surface area contributed by atoms with Gasteiger partial charge in [0.25, 0.3) is 0 Å².